The Balaban J connectivity index is 1.26. The van der Waals surface area contributed by atoms with Crippen LogP contribution in [0.25, 0.3) is 22.5 Å². The number of nitrogens with zero attached hydrogens (tertiary/aromatic N) is 5. The Morgan fingerprint density at radius 1 is 0.774 bits per heavy atom. The van der Waals surface area contributed by atoms with Gasteiger partial charge in [-0.15, -0.1) is 10.2 Å². The van der Waals surface area contributed by atoms with Gasteiger partial charge in [0, 0.05) is 18.0 Å². The Kier molecular flexibility index (Phi) is 6.82. The number of aromatic nitrogens is 5. The summed E-state index contributed by atoms with van der Waals surface area (Å²) in [5.41, 5.74) is 7.36. The quantitative estimate of drug-likeness (QED) is 0.326. The van der Waals surface area contributed by atoms with Crippen molar-refractivity contribution in [1.29, 1.82) is 0 Å². The molecular formula is C26H29N5. The van der Waals surface area contributed by atoms with Gasteiger partial charge in [0.25, 0.3) is 0 Å². The Morgan fingerprint density at radius 3 is 2.32 bits per heavy atom. The number of aryl methyl sites for hydroxylation is 4. The van der Waals surface area contributed by atoms with E-state index in [1.54, 1.807) is 4.80 Å². The predicted molar refractivity (Wildman–Crippen MR) is 125 cm³/mol. The fraction of sp³-hybridized carbons (Fsp3) is 0.308. The van der Waals surface area contributed by atoms with Gasteiger partial charge in [-0.1, -0.05) is 61.4 Å². The molecular weight excluding hydrogens is 382 g/mol. The van der Waals surface area contributed by atoms with E-state index in [1.165, 1.54) is 47.1 Å². The first-order valence-electron chi connectivity index (χ1n) is 11.0. The van der Waals surface area contributed by atoms with E-state index in [0.717, 1.165) is 24.9 Å². The summed E-state index contributed by atoms with van der Waals surface area (Å²) in [6, 6.07) is 19.1. The van der Waals surface area contributed by atoms with Crippen LogP contribution in [0.5, 0.6) is 0 Å². The van der Waals surface area contributed by atoms with Gasteiger partial charge in [0.1, 0.15) is 0 Å². The number of hydrogen-bond donors (Lipinski definition) is 0. The monoisotopic (exact) mass is 411 g/mol. The van der Waals surface area contributed by atoms with Crippen molar-refractivity contribution in [2.24, 2.45) is 0 Å². The van der Waals surface area contributed by atoms with Crippen LogP contribution in [-0.2, 0) is 13.0 Å². The molecule has 2 aromatic heterocycles. The second-order valence-electron chi connectivity index (χ2n) is 8.11. The summed E-state index contributed by atoms with van der Waals surface area (Å²) in [5, 5.41) is 13.0. The highest BCUT2D eigenvalue weighted by molar-refractivity contribution is 5.68. The summed E-state index contributed by atoms with van der Waals surface area (Å²) in [7, 11) is 0. The first-order valence-corrected chi connectivity index (χ1v) is 11.0. The number of hydrogen-bond acceptors (Lipinski definition) is 4. The van der Waals surface area contributed by atoms with E-state index in [1.807, 2.05) is 18.5 Å². The zero-order valence-electron chi connectivity index (χ0n) is 18.3. The average molecular weight is 412 g/mol. The molecule has 0 aliphatic rings. The average Bonchev–Trinajstić information content (AvgIpc) is 3.28. The third kappa shape index (κ3) is 5.63. The van der Waals surface area contributed by atoms with Gasteiger partial charge in [0.2, 0.25) is 5.82 Å². The number of pyridine rings is 1. The highest BCUT2D eigenvalue weighted by Gasteiger charge is 2.07. The van der Waals surface area contributed by atoms with Gasteiger partial charge in [-0.05, 0) is 72.2 Å². The highest BCUT2D eigenvalue weighted by Crippen LogP contribution is 2.24. The van der Waals surface area contributed by atoms with Crippen molar-refractivity contribution in [1.82, 2.24) is 25.2 Å². The first-order chi connectivity index (χ1) is 15.2. The maximum Gasteiger partial charge on any atom is 0.204 e. The maximum atomic E-state index is 4.56. The normalized spacial score (nSPS) is 11.0. The molecule has 158 valence electrons. The molecule has 0 bridgehead atoms. The molecule has 0 N–H and O–H groups in total. The molecule has 0 radical (unpaired) electrons. The van der Waals surface area contributed by atoms with Crippen LogP contribution < -0.4 is 0 Å². The summed E-state index contributed by atoms with van der Waals surface area (Å²) in [6.07, 6.45) is 9.50. The van der Waals surface area contributed by atoms with Crippen LogP contribution in [-0.4, -0.2) is 25.2 Å². The molecule has 2 heterocycles. The molecule has 31 heavy (non-hydrogen) atoms. The Labute approximate surface area is 184 Å². The molecule has 0 fully saturated rings. The van der Waals surface area contributed by atoms with Crippen LogP contribution in [0.4, 0.5) is 0 Å². The molecule has 2 aromatic carbocycles. The van der Waals surface area contributed by atoms with Crippen molar-refractivity contribution in [3.8, 4) is 22.5 Å². The van der Waals surface area contributed by atoms with Gasteiger partial charge >= 0.3 is 0 Å². The van der Waals surface area contributed by atoms with Crippen LogP contribution in [0.1, 0.15) is 42.4 Å². The Bertz CT molecular complexity index is 1100. The van der Waals surface area contributed by atoms with Crippen molar-refractivity contribution in [2.45, 2.75) is 52.5 Å². The maximum absolute atomic E-state index is 4.56. The lowest BCUT2D eigenvalue weighted by Gasteiger charge is -2.06. The van der Waals surface area contributed by atoms with E-state index >= 15 is 0 Å². The molecule has 0 spiro atoms. The van der Waals surface area contributed by atoms with Crippen molar-refractivity contribution < 1.29 is 0 Å². The van der Waals surface area contributed by atoms with Crippen LogP contribution in [0.3, 0.4) is 0 Å². The number of tetrazole rings is 1. The van der Waals surface area contributed by atoms with Crippen molar-refractivity contribution in [3.63, 3.8) is 0 Å². The van der Waals surface area contributed by atoms with E-state index in [4.69, 9.17) is 0 Å². The van der Waals surface area contributed by atoms with Crippen LogP contribution >= 0.6 is 0 Å². The predicted octanol–water partition coefficient (Wildman–Crippen LogP) is 5.82. The summed E-state index contributed by atoms with van der Waals surface area (Å²) >= 11 is 0. The zero-order valence-corrected chi connectivity index (χ0v) is 18.3. The van der Waals surface area contributed by atoms with Crippen LogP contribution in [0.2, 0.25) is 0 Å². The van der Waals surface area contributed by atoms with Crippen molar-refractivity contribution in [3.05, 3.63) is 83.7 Å². The third-order valence-electron chi connectivity index (χ3n) is 5.73. The lowest BCUT2D eigenvalue weighted by Crippen LogP contribution is -2.02. The summed E-state index contributed by atoms with van der Waals surface area (Å²) in [6.45, 7) is 5.09. The molecule has 5 nitrogen and oxygen atoms in total. The van der Waals surface area contributed by atoms with Crippen molar-refractivity contribution in [2.75, 3.05) is 0 Å². The molecule has 0 amide bonds. The molecule has 5 heteroatoms. The van der Waals surface area contributed by atoms with Gasteiger partial charge in [-0.2, -0.15) is 4.80 Å². The number of unbranched alkanes of at least 4 members (excludes halogenated alkanes) is 3. The first kappa shape index (κ1) is 20.9. The molecule has 0 atom stereocenters. The van der Waals surface area contributed by atoms with Gasteiger partial charge < -0.3 is 0 Å². The molecule has 4 aromatic rings. The lowest BCUT2D eigenvalue weighted by atomic mass is 9.99. The number of rotatable bonds is 9. The van der Waals surface area contributed by atoms with Gasteiger partial charge in [0.05, 0.1) is 6.54 Å². The van der Waals surface area contributed by atoms with Crippen LogP contribution in [0.15, 0.2) is 67.0 Å². The fourth-order valence-corrected chi connectivity index (χ4v) is 3.67. The smallest absolute Gasteiger partial charge is 0.204 e. The minimum absolute atomic E-state index is 0.684. The third-order valence-corrected chi connectivity index (χ3v) is 5.73. The molecule has 0 saturated heterocycles. The molecule has 0 aliphatic carbocycles. The SMILES string of the molecule is Cc1ccc(-c2ccc(-c3nnn(CCCCCCc4cccnc4)n3)cc2)cc1C. The van der Waals surface area contributed by atoms with Gasteiger partial charge in [-0.25, -0.2) is 0 Å². The van der Waals surface area contributed by atoms with Crippen LogP contribution in [0, 0.1) is 13.8 Å². The highest BCUT2D eigenvalue weighted by atomic mass is 15.6. The standard InChI is InChI=1S/C26H29N5/c1-20-10-11-25(18-21(20)2)23-12-14-24(15-13-23)26-28-30-31(29-26)17-6-4-3-5-8-22-9-7-16-27-19-22/h7,9-16,18-19H,3-6,8,17H2,1-2H3. The molecule has 0 unspecified atom stereocenters. The molecule has 0 aliphatic heterocycles. The Hall–Kier alpha value is -3.34. The van der Waals surface area contributed by atoms with E-state index in [0.29, 0.717) is 5.82 Å². The summed E-state index contributed by atoms with van der Waals surface area (Å²) in [4.78, 5) is 5.88. The van der Waals surface area contributed by atoms with Crippen molar-refractivity contribution >= 4 is 0 Å². The second-order valence-corrected chi connectivity index (χ2v) is 8.11. The zero-order chi connectivity index (χ0) is 21.5. The lowest BCUT2D eigenvalue weighted by molar-refractivity contribution is 0.477. The summed E-state index contributed by atoms with van der Waals surface area (Å²) < 4.78 is 0. The topological polar surface area (TPSA) is 56.5 Å². The largest absolute Gasteiger partial charge is 0.264 e. The summed E-state index contributed by atoms with van der Waals surface area (Å²) in [5.74, 6) is 0.684. The van der Waals surface area contributed by atoms with E-state index in [-0.39, 0.29) is 0 Å². The second kappa shape index (κ2) is 10.1. The fourth-order valence-electron chi connectivity index (χ4n) is 3.67. The molecule has 4 rings (SSSR count). The Morgan fingerprint density at radius 2 is 1.55 bits per heavy atom. The van der Waals surface area contributed by atoms with Gasteiger partial charge in [0.15, 0.2) is 0 Å². The number of benzene rings is 2. The van der Waals surface area contributed by atoms with E-state index in [2.05, 4.69) is 82.8 Å². The minimum Gasteiger partial charge on any atom is -0.264 e. The van der Waals surface area contributed by atoms with Gasteiger partial charge in [-0.3, -0.25) is 4.98 Å². The van der Waals surface area contributed by atoms with E-state index < -0.39 is 0 Å². The minimum atomic E-state index is 0.684. The van der Waals surface area contributed by atoms with E-state index in [9.17, 15) is 0 Å². The molecule has 0 saturated carbocycles.